The number of nitrogens with one attached hydrogen (secondary N) is 1. The highest BCUT2D eigenvalue weighted by Crippen LogP contribution is 2.31. The van der Waals surface area contributed by atoms with Gasteiger partial charge in [-0.2, -0.15) is 13.2 Å². The molecule has 0 heterocycles. The zero-order valence-corrected chi connectivity index (χ0v) is 15.2. The van der Waals surface area contributed by atoms with Gasteiger partial charge in [0.1, 0.15) is 11.5 Å². The highest BCUT2D eigenvalue weighted by molar-refractivity contribution is 5.94. The fraction of sp³-hybridized carbons (Fsp3) is 0.263. The molecule has 6 nitrogen and oxygen atoms in total. The summed E-state index contributed by atoms with van der Waals surface area (Å²) < 4.78 is 48.2. The van der Waals surface area contributed by atoms with Crippen molar-refractivity contribution in [1.29, 1.82) is 0 Å². The minimum Gasteiger partial charge on any atom is -0.497 e. The molecular formula is C19H19F3N2O4. The third-order valence-electron chi connectivity index (χ3n) is 3.68. The van der Waals surface area contributed by atoms with Crippen molar-refractivity contribution in [1.82, 2.24) is 4.90 Å². The molecule has 0 aliphatic carbocycles. The SMILES string of the molecule is COc1cccc(NC(=O)CN(C)C(=O)COc2cccc(C(F)(F)F)c2)c1. The van der Waals surface area contributed by atoms with Crippen LogP contribution >= 0.6 is 0 Å². The highest BCUT2D eigenvalue weighted by atomic mass is 19.4. The van der Waals surface area contributed by atoms with E-state index in [4.69, 9.17) is 9.47 Å². The first-order valence-electron chi connectivity index (χ1n) is 8.17. The van der Waals surface area contributed by atoms with E-state index in [1.165, 1.54) is 26.3 Å². The maximum atomic E-state index is 12.7. The zero-order valence-electron chi connectivity index (χ0n) is 15.2. The van der Waals surface area contributed by atoms with Gasteiger partial charge < -0.3 is 19.7 Å². The molecule has 0 aromatic heterocycles. The number of carbonyl (C=O) groups excluding carboxylic acids is 2. The van der Waals surface area contributed by atoms with Gasteiger partial charge in [0.05, 0.1) is 19.2 Å². The summed E-state index contributed by atoms with van der Waals surface area (Å²) in [5, 5.41) is 2.62. The summed E-state index contributed by atoms with van der Waals surface area (Å²) in [6.45, 7) is -0.744. The second-order valence-electron chi connectivity index (χ2n) is 5.84. The van der Waals surface area contributed by atoms with Gasteiger partial charge in [0.2, 0.25) is 5.91 Å². The van der Waals surface area contributed by atoms with Crippen molar-refractivity contribution in [2.75, 3.05) is 32.6 Å². The molecule has 9 heteroatoms. The Labute approximate surface area is 159 Å². The first kappa shape index (κ1) is 21.1. The Morgan fingerprint density at radius 1 is 1.07 bits per heavy atom. The summed E-state index contributed by atoms with van der Waals surface area (Å²) in [6.07, 6.45) is -4.50. The minimum absolute atomic E-state index is 0.0857. The average Bonchev–Trinajstić information content (AvgIpc) is 2.65. The first-order valence-corrected chi connectivity index (χ1v) is 8.17. The largest absolute Gasteiger partial charge is 0.497 e. The number of hydrogen-bond donors (Lipinski definition) is 1. The molecule has 0 saturated carbocycles. The first-order chi connectivity index (χ1) is 13.2. The lowest BCUT2D eigenvalue weighted by Gasteiger charge is -2.17. The summed E-state index contributed by atoms with van der Waals surface area (Å²) in [5.41, 5.74) is -0.367. The van der Waals surface area contributed by atoms with Crippen LogP contribution in [0.2, 0.25) is 0 Å². The van der Waals surface area contributed by atoms with Crippen LogP contribution in [-0.4, -0.2) is 44.0 Å². The van der Waals surface area contributed by atoms with Gasteiger partial charge in [-0.15, -0.1) is 0 Å². The lowest BCUT2D eigenvalue weighted by molar-refractivity contribution is -0.137. The summed E-state index contributed by atoms with van der Waals surface area (Å²) in [6, 6.07) is 10.9. The number of ether oxygens (including phenoxy) is 2. The van der Waals surface area contributed by atoms with Crippen molar-refractivity contribution in [2.24, 2.45) is 0 Å². The maximum Gasteiger partial charge on any atom is 0.416 e. The predicted octanol–water partition coefficient (Wildman–Crippen LogP) is 3.19. The molecule has 1 N–H and O–H groups in total. The fourth-order valence-corrected chi connectivity index (χ4v) is 2.22. The molecule has 2 aromatic rings. The van der Waals surface area contributed by atoms with E-state index in [0.717, 1.165) is 17.0 Å². The van der Waals surface area contributed by atoms with Crippen molar-refractivity contribution < 1.29 is 32.2 Å². The van der Waals surface area contributed by atoms with E-state index in [0.29, 0.717) is 11.4 Å². The van der Waals surface area contributed by atoms with E-state index in [-0.39, 0.29) is 12.3 Å². The molecule has 0 unspecified atom stereocenters. The summed E-state index contributed by atoms with van der Waals surface area (Å²) in [5.74, 6) is -0.518. The van der Waals surface area contributed by atoms with Crippen LogP contribution < -0.4 is 14.8 Å². The molecule has 0 aliphatic heterocycles. The van der Waals surface area contributed by atoms with E-state index in [1.807, 2.05) is 0 Å². The van der Waals surface area contributed by atoms with Crippen LogP contribution in [0.4, 0.5) is 18.9 Å². The summed E-state index contributed by atoms with van der Waals surface area (Å²) in [7, 11) is 2.89. The third kappa shape index (κ3) is 6.19. The van der Waals surface area contributed by atoms with Crippen LogP contribution in [0.25, 0.3) is 0 Å². The Hall–Kier alpha value is -3.23. The van der Waals surface area contributed by atoms with Crippen LogP contribution in [0.5, 0.6) is 11.5 Å². The molecule has 0 radical (unpaired) electrons. The quantitative estimate of drug-likeness (QED) is 0.781. The number of benzene rings is 2. The Balaban J connectivity index is 1.86. The molecule has 0 bridgehead atoms. The standard InChI is InChI=1S/C19H19F3N2O4/c1-24(11-17(25)23-14-6-4-7-15(10-14)27-2)18(26)12-28-16-8-3-5-13(9-16)19(20,21)22/h3-10H,11-12H2,1-2H3,(H,23,25). The normalized spacial score (nSPS) is 10.9. The molecular weight excluding hydrogens is 377 g/mol. The second-order valence-corrected chi connectivity index (χ2v) is 5.84. The number of carbonyl (C=O) groups is 2. The molecule has 2 rings (SSSR count). The summed E-state index contributed by atoms with van der Waals surface area (Å²) in [4.78, 5) is 25.2. The van der Waals surface area contributed by atoms with E-state index < -0.39 is 30.2 Å². The Morgan fingerprint density at radius 3 is 2.43 bits per heavy atom. The predicted molar refractivity (Wildman–Crippen MR) is 96.2 cm³/mol. The topological polar surface area (TPSA) is 67.9 Å². The number of hydrogen-bond acceptors (Lipinski definition) is 4. The van der Waals surface area contributed by atoms with E-state index in [1.54, 1.807) is 24.3 Å². The number of amides is 2. The molecule has 28 heavy (non-hydrogen) atoms. The van der Waals surface area contributed by atoms with Gasteiger partial charge in [-0.1, -0.05) is 12.1 Å². The smallest absolute Gasteiger partial charge is 0.416 e. The monoisotopic (exact) mass is 396 g/mol. The van der Waals surface area contributed by atoms with Crippen molar-refractivity contribution in [2.45, 2.75) is 6.18 Å². The lowest BCUT2D eigenvalue weighted by Crippen LogP contribution is -2.37. The van der Waals surface area contributed by atoms with Gasteiger partial charge in [-0.25, -0.2) is 0 Å². The number of alkyl halides is 3. The number of anilines is 1. The van der Waals surface area contributed by atoms with Crippen LogP contribution in [0.15, 0.2) is 48.5 Å². The van der Waals surface area contributed by atoms with Crippen molar-refractivity contribution in [3.05, 3.63) is 54.1 Å². The minimum atomic E-state index is -4.50. The van der Waals surface area contributed by atoms with Gasteiger partial charge in [0, 0.05) is 18.8 Å². The van der Waals surface area contributed by atoms with Gasteiger partial charge in [0.15, 0.2) is 6.61 Å². The number of likely N-dealkylation sites (N-methyl/N-ethyl adjacent to an activating group) is 1. The van der Waals surface area contributed by atoms with Gasteiger partial charge in [0.25, 0.3) is 5.91 Å². The molecule has 2 amide bonds. The van der Waals surface area contributed by atoms with Gasteiger partial charge in [-0.3, -0.25) is 9.59 Å². The number of methoxy groups -OCH3 is 1. The molecule has 0 aliphatic rings. The van der Waals surface area contributed by atoms with Crippen molar-refractivity contribution in [3.8, 4) is 11.5 Å². The number of halogens is 3. The van der Waals surface area contributed by atoms with Crippen LogP contribution in [0.3, 0.4) is 0 Å². The Morgan fingerprint density at radius 2 is 1.75 bits per heavy atom. The fourth-order valence-electron chi connectivity index (χ4n) is 2.22. The van der Waals surface area contributed by atoms with E-state index in [2.05, 4.69) is 5.32 Å². The Bertz CT molecular complexity index is 840. The van der Waals surface area contributed by atoms with Crippen LogP contribution in [0.1, 0.15) is 5.56 Å². The van der Waals surface area contributed by atoms with Gasteiger partial charge >= 0.3 is 6.18 Å². The van der Waals surface area contributed by atoms with E-state index in [9.17, 15) is 22.8 Å². The van der Waals surface area contributed by atoms with Crippen LogP contribution in [0, 0.1) is 0 Å². The summed E-state index contributed by atoms with van der Waals surface area (Å²) >= 11 is 0. The number of nitrogens with zero attached hydrogens (tertiary/aromatic N) is 1. The molecule has 0 fully saturated rings. The molecule has 0 atom stereocenters. The van der Waals surface area contributed by atoms with Gasteiger partial charge in [-0.05, 0) is 30.3 Å². The molecule has 0 spiro atoms. The van der Waals surface area contributed by atoms with Crippen LogP contribution in [-0.2, 0) is 15.8 Å². The van der Waals surface area contributed by atoms with Crippen molar-refractivity contribution in [3.63, 3.8) is 0 Å². The molecule has 2 aromatic carbocycles. The Kier molecular flexibility index (Phi) is 6.86. The highest BCUT2D eigenvalue weighted by Gasteiger charge is 2.30. The second kappa shape index (κ2) is 9.12. The molecule has 0 saturated heterocycles. The lowest BCUT2D eigenvalue weighted by atomic mass is 10.2. The van der Waals surface area contributed by atoms with E-state index >= 15 is 0 Å². The molecule has 150 valence electrons. The average molecular weight is 396 g/mol. The zero-order chi connectivity index (χ0) is 20.7. The van der Waals surface area contributed by atoms with Crippen molar-refractivity contribution >= 4 is 17.5 Å². The maximum absolute atomic E-state index is 12.7. The third-order valence-corrected chi connectivity index (χ3v) is 3.68. The number of rotatable bonds is 7.